The molecule has 0 bridgehead atoms. The van der Waals surface area contributed by atoms with Crippen LogP contribution in [0.1, 0.15) is 23.8 Å². The molecule has 98 valence electrons. The average molecular weight is 265 g/mol. The Kier molecular flexibility index (Phi) is 4.14. The lowest BCUT2D eigenvalue weighted by Crippen LogP contribution is -2.28. The van der Waals surface area contributed by atoms with E-state index in [0.29, 0.717) is 6.54 Å². The number of aromatic nitrogens is 2. The van der Waals surface area contributed by atoms with E-state index in [-0.39, 0.29) is 6.61 Å². The molecule has 2 aromatic rings. The van der Waals surface area contributed by atoms with Crippen LogP contribution in [0, 0.1) is 13.8 Å². The molecule has 0 radical (unpaired) electrons. The van der Waals surface area contributed by atoms with E-state index in [1.54, 1.807) is 17.7 Å². The van der Waals surface area contributed by atoms with E-state index in [0.717, 1.165) is 29.0 Å². The highest BCUT2D eigenvalue weighted by atomic mass is 32.1. The van der Waals surface area contributed by atoms with Gasteiger partial charge in [-0.25, -0.2) is 9.97 Å². The number of rotatable bonds is 5. The van der Waals surface area contributed by atoms with Crippen LogP contribution in [0.15, 0.2) is 6.33 Å². The minimum atomic E-state index is 0.146. The Hall–Kier alpha value is -1.20. The molecule has 2 heterocycles. The largest absolute Gasteiger partial charge is 0.395 e. The van der Waals surface area contributed by atoms with Crippen LogP contribution in [0.5, 0.6) is 0 Å². The first-order valence-electron chi connectivity index (χ1n) is 6.25. The van der Waals surface area contributed by atoms with E-state index in [2.05, 4.69) is 35.6 Å². The van der Waals surface area contributed by atoms with Gasteiger partial charge in [0, 0.05) is 18.0 Å². The number of thiophene rings is 1. The van der Waals surface area contributed by atoms with Crippen molar-refractivity contribution in [2.45, 2.75) is 27.2 Å². The van der Waals surface area contributed by atoms with Crippen LogP contribution in [0.4, 0.5) is 5.82 Å². The lowest BCUT2D eigenvalue weighted by Gasteiger charge is -2.22. The van der Waals surface area contributed by atoms with Crippen LogP contribution in [-0.4, -0.2) is 34.8 Å². The molecule has 0 spiro atoms. The highest BCUT2D eigenvalue weighted by Crippen LogP contribution is 2.34. The van der Waals surface area contributed by atoms with Gasteiger partial charge in [-0.05, 0) is 25.8 Å². The Morgan fingerprint density at radius 2 is 2.06 bits per heavy atom. The van der Waals surface area contributed by atoms with E-state index in [1.807, 2.05) is 0 Å². The predicted octanol–water partition coefficient (Wildman–Crippen LogP) is 2.52. The van der Waals surface area contributed by atoms with Crippen LogP contribution >= 0.6 is 11.3 Å². The molecule has 0 fully saturated rings. The minimum absolute atomic E-state index is 0.146. The van der Waals surface area contributed by atoms with Gasteiger partial charge >= 0.3 is 0 Å². The summed E-state index contributed by atoms with van der Waals surface area (Å²) in [5.41, 5.74) is 1.25. The van der Waals surface area contributed by atoms with Crippen LogP contribution in [0.3, 0.4) is 0 Å². The highest BCUT2D eigenvalue weighted by Gasteiger charge is 2.16. The number of anilines is 1. The van der Waals surface area contributed by atoms with Gasteiger partial charge in [0.1, 0.15) is 17.0 Å². The number of aryl methyl sites for hydroxylation is 2. The Labute approximate surface area is 111 Å². The third kappa shape index (κ3) is 2.33. The average Bonchev–Trinajstić information content (AvgIpc) is 2.65. The smallest absolute Gasteiger partial charge is 0.141 e. The first kappa shape index (κ1) is 13.2. The first-order chi connectivity index (χ1) is 8.69. The molecule has 0 aliphatic rings. The van der Waals surface area contributed by atoms with Gasteiger partial charge in [-0.15, -0.1) is 11.3 Å². The predicted molar refractivity (Wildman–Crippen MR) is 76.5 cm³/mol. The maximum atomic E-state index is 9.19. The minimum Gasteiger partial charge on any atom is -0.395 e. The van der Waals surface area contributed by atoms with Crippen LogP contribution in [-0.2, 0) is 0 Å². The van der Waals surface area contributed by atoms with Crippen molar-refractivity contribution in [2.75, 3.05) is 24.6 Å². The number of hydrogen-bond acceptors (Lipinski definition) is 5. The molecule has 1 N–H and O–H groups in total. The molecule has 0 saturated heterocycles. The summed E-state index contributed by atoms with van der Waals surface area (Å²) in [4.78, 5) is 13.2. The molecule has 4 nitrogen and oxygen atoms in total. The summed E-state index contributed by atoms with van der Waals surface area (Å²) in [6, 6.07) is 0. The molecule has 0 aliphatic carbocycles. The van der Waals surface area contributed by atoms with E-state index < -0.39 is 0 Å². The molecular formula is C13H19N3OS. The Bertz CT molecular complexity index is 532. The maximum absolute atomic E-state index is 9.19. The van der Waals surface area contributed by atoms with Crippen molar-refractivity contribution in [3.8, 4) is 0 Å². The summed E-state index contributed by atoms with van der Waals surface area (Å²) in [6.07, 6.45) is 2.65. The second-order valence-corrected chi connectivity index (χ2v) is 5.57. The summed E-state index contributed by atoms with van der Waals surface area (Å²) in [5, 5.41) is 10.3. The molecule has 0 saturated carbocycles. The van der Waals surface area contributed by atoms with Crippen LogP contribution in [0.2, 0.25) is 0 Å². The molecule has 18 heavy (non-hydrogen) atoms. The summed E-state index contributed by atoms with van der Waals surface area (Å²) in [5.74, 6) is 0.956. The van der Waals surface area contributed by atoms with Crippen molar-refractivity contribution in [1.82, 2.24) is 9.97 Å². The molecule has 0 aliphatic heterocycles. The number of hydrogen-bond donors (Lipinski definition) is 1. The molecule has 0 amide bonds. The fourth-order valence-corrected chi connectivity index (χ4v) is 3.11. The quantitative estimate of drug-likeness (QED) is 0.902. The third-order valence-electron chi connectivity index (χ3n) is 3.11. The summed E-state index contributed by atoms with van der Waals surface area (Å²) >= 11 is 1.71. The molecule has 0 aromatic carbocycles. The van der Waals surface area contributed by atoms with Crippen molar-refractivity contribution < 1.29 is 5.11 Å². The molecular weight excluding hydrogens is 246 g/mol. The monoisotopic (exact) mass is 265 g/mol. The fourth-order valence-electron chi connectivity index (χ4n) is 2.12. The van der Waals surface area contributed by atoms with Gasteiger partial charge in [0.2, 0.25) is 0 Å². The second kappa shape index (κ2) is 5.63. The second-order valence-electron chi connectivity index (χ2n) is 4.37. The van der Waals surface area contributed by atoms with Crippen molar-refractivity contribution in [3.63, 3.8) is 0 Å². The van der Waals surface area contributed by atoms with Crippen molar-refractivity contribution >= 4 is 27.4 Å². The molecule has 2 rings (SSSR count). The lowest BCUT2D eigenvalue weighted by molar-refractivity contribution is 0.301. The zero-order valence-electron chi connectivity index (χ0n) is 11.1. The van der Waals surface area contributed by atoms with Crippen molar-refractivity contribution in [2.24, 2.45) is 0 Å². The number of fused-ring (bicyclic) bond motifs is 1. The van der Waals surface area contributed by atoms with Gasteiger partial charge < -0.3 is 10.0 Å². The van der Waals surface area contributed by atoms with Gasteiger partial charge in [0.15, 0.2) is 0 Å². The van der Waals surface area contributed by atoms with Crippen molar-refractivity contribution in [3.05, 3.63) is 16.8 Å². The number of aliphatic hydroxyl groups is 1. The zero-order valence-corrected chi connectivity index (χ0v) is 11.9. The topological polar surface area (TPSA) is 49.2 Å². The van der Waals surface area contributed by atoms with Gasteiger partial charge in [0.25, 0.3) is 0 Å². The SMILES string of the molecule is CCCN(CCO)c1ncnc2sc(C)c(C)c12. The van der Waals surface area contributed by atoms with Gasteiger partial charge in [-0.2, -0.15) is 0 Å². The normalized spacial score (nSPS) is 11.1. The summed E-state index contributed by atoms with van der Waals surface area (Å²) in [6.45, 7) is 8.03. The van der Waals surface area contributed by atoms with Crippen LogP contribution < -0.4 is 4.90 Å². The first-order valence-corrected chi connectivity index (χ1v) is 7.07. The van der Waals surface area contributed by atoms with E-state index in [4.69, 9.17) is 0 Å². The van der Waals surface area contributed by atoms with E-state index in [1.165, 1.54) is 10.4 Å². The Morgan fingerprint density at radius 3 is 2.72 bits per heavy atom. The molecule has 5 heteroatoms. The lowest BCUT2D eigenvalue weighted by atomic mass is 10.2. The standard InChI is InChI=1S/C13H19N3OS/c1-4-5-16(6-7-17)12-11-9(2)10(3)18-13(11)15-8-14-12/h8,17H,4-7H2,1-3H3. The number of nitrogens with zero attached hydrogens (tertiary/aromatic N) is 3. The molecule has 2 aromatic heterocycles. The highest BCUT2D eigenvalue weighted by molar-refractivity contribution is 7.18. The fraction of sp³-hybridized carbons (Fsp3) is 0.538. The Balaban J connectivity index is 2.54. The number of aliphatic hydroxyl groups excluding tert-OH is 1. The Morgan fingerprint density at radius 1 is 1.28 bits per heavy atom. The molecule has 0 unspecified atom stereocenters. The van der Waals surface area contributed by atoms with Gasteiger partial charge in [-0.3, -0.25) is 0 Å². The summed E-state index contributed by atoms with van der Waals surface area (Å²) in [7, 11) is 0. The van der Waals surface area contributed by atoms with E-state index in [9.17, 15) is 5.11 Å². The van der Waals surface area contributed by atoms with Crippen LogP contribution in [0.25, 0.3) is 10.2 Å². The maximum Gasteiger partial charge on any atom is 0.141 e. The van der Waals surface area contributed by atoms with Gasteiger partial charge in [0.05, 0.1) is 12.0 Å². The summed E-state index contributed by atoms with van der Waals surface area (Å²) < 4.78 is 0. The van der Waals surface area contributed by atoms with E-state index >= 15 is 0 Å². The third-order valence-corrected chi connectivity index (χ3v) is 4.22. The van der Waals surface area contributed by atoms with Gasteiger partial charge in [-0.1, -0.05) is 6.92 Å². The van der Waals surface area contributed by atoms with Crippen molar-refractivity contribution in [1.29, 1.82) is 0 Å². The molecule has 0 atom stereocenters. The zero-order chi connectivity index (χ0) is 13.1.